The molecule has 0 radical (unpaired) electrons. The Morgan fingerprint density at radius 2 is 1.08 bits per heavy atom. The molecule has 1 heterocycles. The summed E-state index contributed by atoms with van der Waals surface area (Å²) in [4.78, 5) is 26.2. The highest BCUT2D eigenvalue weighted by atomic mass is 79.9. The Morgan fingerprint density at radius 3 is 1.58 bits per heavy atom. The number of anilines is 1. The summed E-state index contributed by atoms with van der Waals surface area (Å²) in [6.07, 6.45) is 0. The van der Waals surface area contributed by atoms with Gasteiger partial charge in [0.05, 0.1) is 16.8 Å². The van der Waals surface area contributed by atoms with Gasteiger partial charge in [0.15, 0.2) is 0 Å². The molecular weight excluding hydrogens is 366 g/mol. The molecule has 4 rings (SSSR count). The molecule has 0 aromatic heterocycles. The van der Waals surface area contributed by atoms with Gasteiger partial charge in [0.2, 0.25) is 0 Å². The van der Waals surface area contributed by atoms with Crippen LogP contribution in [0.3, 0.4) is 0 Å². The van der Waals surface area contributed by atoms with E-state index in [0.29, 0.717) is 16.8 Å². The number of hydrogen-bond donors (Lipinski definition) is 0. The molecule has 0 unspecified atom stereocenters. The van der Waals surface area contributed by atoms with Crippen LogP contribution in [0.4, 0.5) is 5.69 Å². The fourth-order valence-electron chi connectivity index (χ4n) is 2.87. The van der Waals surface area contributed by atoms with Crippen LogP contribution in [-0.2, 0) is 0 Å². The van der Waals surface area contributed by atoms with E-state index in [0.717, 1.165) is 15.6 Å². The minimum absolute atomic E-state index is 0.271. The van der Waals surface area contributed by atoms with Gasteiger partial charge >= 0.3 is 0 Å². The highest BCUT2D eigenvalue weighted by molar-refractivity contribution is 9.10. The van der Waals surface area contributed by atoms with Crippen LogP contribution in [0.1, 0.15) is 20.7 Å². The fraction of sp³-hybridized carbons (Fsp3) is 0. The van der Waals surface area contributed by atoms with Gasteiger partial charge in [-0.3, -0.25) is 9.59 Å². The van der Waals surface area contributed by atoms with Crippen molar-refractivity contribution in [3.63, 3.8) is 0 Å². The minimum Gasteiger partial charge on any atom is -0.268 e. The molecule has 0 spiro atoms. The smallest absolute Gasteiger partial charge is 0.266 e. The van der Waals surface area contributed by atoms with E-state index in [9.17, 15) is 9.59 Å². The van der Waals surface area contributed by atoms with Crippen LogP contribution in [0.5, 0.6) is 0 Å². The zero-order chi connectivity index (χ0) is 16.7. The van der Waals surface area contributed by atoms with Crippen LogP contribution in [0, 0.1) is 0 Å². The number of hydrogen-bond acceptors (Lipinski definition) is 2. The van der Waals surface area contributed by atoms with Gasteiger partial charge in [0, 0.05) is 4.47 Å². The van der Waals surface area contributed by atoms with Crippen molar-refractivity contribution in [2.75, 3.05) is 4.90 Å². The summed E-state index contributed by atoms with van der Waals surface area (Å²) in [5.74, 6) is -0.543. The second-order valence-corrected chi connectivity index (χ2v) is 6.46. The number of fused-ring (bicyclic) bond motifs is 1. The van der Waals surface area contributed by atoms with Crippen LogP contribution >= 0.6 is 15.9 Å². The van der Waals surface area contributed by atoms with E-state index in [1.54, 1.807) is 36.4 Å². The van der Waals surface area contributed by atoms with Gasteiger partial charge in [-0.25, -0.2) is 4.90 Å². The zero-order valence-electron chi connectivity index (χ0n) is 12.6. The molecule has 0 aliphatic carbocycles. The minimum atomic E-state index is -0.271. The third-order valence-corrected chi connectivity index (χ3v) is 4.63. The lowest BCUT2D eigenvalue weighted by molar-refractivity contribution is 0.0926. The lowest BCUT2D eigenvalue weighted by atomic mass is 10.1. The Hall–Kier alpha value is -2.72. The van der Waals surface area contributed by atoms with Gasteiger partial charge in [-0.05, 0) is 47.5 Å². The molecule has 3 aromatic carbocycles. The van der Waals surface area contributed by atoms with Crippen molar-refractivity contribution in [1.82, 2.24) is 0 Å². The summed E-state index contributed by atoms with van der Waals surface area (Å²) in [6.45, 7) is 0. The highest BCUT2D eigenvalue weighted by Crippen LogP contribution is 2.30. The molecule has 2 amide bonds. The second-order valence-electron chi connectivity index (χ2n) is 5.55. The molecule has 1 aliphatic rings. The number of amides is 2. The Labute approximate surface area is 147 Å². The first-order valence-corrected chi connectivity index (χ1v) is 8.28. The summed E-state index contributed by atoms with van der Waals surface area (Å²) < 4.78 is 1.02. The largest absolute Gasteiger partial charge is 0.268 e. The number of rotatable bonds is 2. The predicted molar refractivity (Wildman–Crippen MR) is 97.2 cm³/mol. The standard InChI is InChI=1S/C20H12BrNO2/c21-15-9-5-13(6-10-15)14-7-11-16(12-8-14)22-19(23)17-3-1-2-4-18(17)20(22)24/h1-12H. The van der Waals surface area contributed by atoms with Gasteiger partial charge < -0.3 is 0 Å². The average Bonchev–Trinajstić information content (AvgIpc) is 2.87. The molecular formula is C20H12BrNO2. The maximum atomic E-state index is 12.5. The summed E-state index contributed by atoms with van der Waals surface area (Å²) in [7, 11) is 0. The van der Waals surface area contributed by atoms with E-state index < -0.39 is 0 Å². The predicted octanol–water partition coefficient (Wildman–Crippen LogP) is 4.92. The van der Waals surface area contributed by atoms with E-state index >= 15 is 0 Å². The number of benzene rings is 3. The Morgan fingerprint density at radius 1 is 0.625 bits per heavy atom. The SMILES string of the molecule is O=C1c2ccccc2C(=O)N1c1ccc(-c2ccc(Br)cc2)cc1. The van der Waals surface area contributed by atoms with Crippen molar-refractivity contribution in [1.29, 1.82) is 0 Å². The molecule has 0 saturated heterocycles. The highest BCUT2D eigenvalue weighted by Gasteiger charge is 2.36. The Balaban J connectivity index is 1.68. The number of carbonyl (C=O) groups excluding carboxylic acids is 2. The second kappa shape index (κ2) is 5.73. The molecule has 24 heavy (non-hydrogen) atoms. The summed E-state index contributed by atoms with van der Waals surface area (Å²) in [6, 6.07) is 22.3. The molecule has 3 aromatic rings. The maximum absolute atomic E-state index is 12.5. The maximum Gasteiger partial charge on any atom is 0.266 e. The van der Waals surface area contributed by atoms with Gasteiger partial charge in [-0.2, -0.15) is 0 Å². The molecule has 0 bridgehead atoms. The first-order chi connectivity index (χ1) is 11.6. The lowest BCUT2D eigenvalue weighted by Gasteiger charge is -2.14. The summed E-state index contributed by atoms with van der Waals surface area (Å²) >= 11 is 3.42. The van der Waals surface area contributed by atoms with Crippen LogP contribution < -0.4 is 4.90 Å². The van der Waals surface area contributed by atoms with Crippen molar-refractivity contribution in [2.24, 2.45) is 0 Å². The number of carbonyl (C=O) groups is 2. The molecule has 0 atom stereocenters. The van der Waals surface area contributed by atoms with Crippen LogP contribution in [0.2, 0.25) is 0 Å². The van der Waals surface area contributed by atoms with Gasteiger partial charge in [-0.15, -0.1) is 0 Å². The third-order valence-electron chi connectivity index (χ3n) is 4.10. The van der Waals surface area contributed by atoms with Crippen molar-refractivity contribution >= 4 is 33.4 Å². The lowest BCUT2D eigenvalue weighted by Crippen LogP contribution is -2.29. The first kappa shape index (κ1) is 14.8. The average molecular weight is 378 g/mol. The molecule has 0 saturated carbocycles. The van der Waals surface area contributed by atoms with E-state index in [2.05, 4.69) is 15.9 Å². The quantitative estimate of drug-likeness (QED) is 0.594. The topological polar surface area (TPSA) is 37.4 Å². The van der Waals surface area contributed by atoms with Crippen LogP contribution in [0.25, 0.3) is 11.1 Å². The number of halogens is 1. The van der Waals surface area contributed by atoms with Crippen molar-refractivity contribution in [2.45, 2.75) is 0 Å². The summed E-state index contributed by atoms with van der Waals surface area (Å²) in [5.41, 5.74) is 3.61. The molecule has 1 aliphatic heterocycles. The normalized spacial score (nSPS) is 13.3. The molecule has 0 N–H and O–H groups in total. The number of nitrogens with zero attached hydrogens (tertiary/aromatic N) is 1. The summed E-state index contributed by atoms with van der Waals surface area (Å²) in [5, 5.41) is 0. The molecule has 3 nitrogen and oxygen atoms in total. The molecule has 0 fully saturated rings. The fourth-order valence-corrected chi connectivity index (χ4v) is 3.13. The van der Waals surface area contributed by atoms with Crippen molar-refractivity contribution < 1.29 is 9.59 Å². The van der Waals surface area contributed by atoms with Crippen LogP contribution in [0.15, 0.2) is 77.3 Å². The Kier molecular flexibility index (Phi) is 3.54. The van der Waals surface area contributed by atoms with Crippen LogP contribution in [-0.4, -0.2) is 11.8 Å². The van der Waals surface area contributed by atoms with E-state index in [-0.39, 0.29) is 11.8 Å². The van der Waals surface area contributed by atoms with Gasteiger partial charge in [0.25, 0.3) is 11.8 Å². The van der Waals surface area contributed by atoms with Gasteiger partial charge in [0.1, 0.15) is 0 Å². The van der Waals surface area contributed by atoms with Crippen molar-refractivity contribution in [3.8, 4) is 11.1 Å². The Bertz CT molecular complexity index is 911. The van der Waals surface area contributed by atoms with Gasteiger partial charge in [-0.1, -0.05) is 52.3 Å². The molecule has 116 valence electrons. The van der Waals surface area contributed by atoms with E-state index in [4.69, 9.17) is 0 Å². The third kappa shape index (κ3) is 2.36. The van der Waals surface area contributed by atoms with E-state index in [1.807, 2.05) is 36.4 Å². The van der Waals surface area contributed by atoms with Crippen molar-refractivity contribution in [3.05, 3.63) is 88.4 Å². The van der Waals surface area contributed by atoms with E-state index in [1.165, 1.54) is 4.90 Å². The first-order valence-electron chi connectivity index (χ1n) is 7.49. The monoisotopic (exact) mass is 377 g/mol. The molecule has 4 heteroatoms. The zero-order valence-corrected chi connectivity index (χ0v) is 14.2. The number of imide groups is 1.